The number of rotatable bonds is 4. The second kappa shape index (κ2) is 5.30. The molecule has 0 saturated carbocycles. The molecule has 0 bridgehead atoms. The van der Waals surface area contributed by atoms with Gasteiger partial charge in [-0.05, 0) is 43.2 Å². The third kappa shape index (κ3) is 2.54. The molecule has 4 heteroatoms. The summed E-state index contributed by atoms with van der Waals surface area (Å²) in [5, 5.41) is 13.3. The predicted octanol–water partition coefficient (Wildman–Crippen LogP) is 3.04. The summed E-state index contributed by atoms with van der Waals surface area (Å²) in [7, 11) is 0. The van der Waals surface area contributed by atoms with Gasteiger partial charge in [0.2, 0.25) is 6.79 Å². The van der Waals surface area contributed by atoms with Crippen molar-refractivity contribution in [1.29, 1.82) is 0 Å². The predicted molar refractivity (Wildman–Crippen MR) is 81.8 cm³/mol. The van der Waals surface area contributed by atoms with E-state index in [2.05, 4.69) is 5.32 Å². The van der Waals surface area contributed by atoms with E-state index in [1.807, 2.05) is 56.3 Å². The van der Waals surface area contributed by atoms with Crippen LogP contribution in [-0.4, -0.2) is 18.5 Å². The number of anilines is 1. The van der Waals surface area contributed by atoms with Gasteiger partial charge in [-0.3, -0.25) is 0 Å². The summed E-state index contributed by atoms with van der Waals surface area (Å²) in [5.74, 6) is 1.47. The lowest BCUT2D eigenvalue weighted by molar-refractivity contribution is 0.173. The van der Waals surface area contributed by atoms with E-state index in [9.17, 15) is 5.11 Å². The molecule has 2 aromatic carbocycles. The molecule has 1 aliphatic rings. The molecule has 3 rings (SSSR count). The van der Waals surface area contributed by atoms with Crippen LogP contribution in [0.3, 0.4) is 0 Å². The molecular formula is C17H19NO3. The molecule has 1 aliphatic heterocycles. The maximum absolute atomic E-state index is 9.90. The monoisotopic (exact) mass is 285 g/mol. The molecule has 4 nitrogen and oxygen atoms in total. The zero-order chi connectivity index (χ0) is 14.9. The second-order valence-corrected chi connectivity index (χ2v) is 5.50. The van der Waals surface area contributed by atoms with Crippen molar-refractivity contribution < 1.29 is 14.6 Å². The summed E-state index contributed by atoms with van der Waals surface area (Å²) in [4.78, 5) is 0. The van der Waals surface area contributed by atoms with Gasteiger partial charge in [-0.25, -0.2) is 0 Å². The molecule has 0 fully saturated rings. The number of para-hydroxylation sites is 1. The highest BCUT2D eigenvalue weighted by Gasteiger charge is 2.28. The highest BCUT2D eigenvalue weighted by Crippen LogP contribution is 2.37. The van der Waals surface area contributed by atoms with Crippen LogP contribution in [0.4, 0.5) is 5.69 Å². The number of nitrogens with one attached hydrogen (secondary N) is 1. The topological polar surface area (TPSA) is 50.7 Å². The van der Waals surface area contributed by atoms with E-state index in [1.165, 1.54) is 0 Å². The fourth-order valence-corrected chi connectivity index (χ4v) is 2.45. The molecule has 21 heavy (non-hydrogen) atoms. The minimum Gasteiger partial charge on any atom is -0.454 e. The van der Waals surface area contributed by atoms with Gasteiger partial charge in [-0.15, -0.1) is 0 Å². The Morgan fingerprint density at radius 1 is 1.14 bits per heavy atom. The second-order valence-electron chi connectivity index (χ2n) is 5.50. The first kappa shape index (κ1) is 13.8. The SMILES string of the molecule is Cc1ccccc1NC(C)(CO)c1ccc2c(c1)OCO2. The first-order valence-corrected chi connectivity index (χ1v) is 6.97. The molecule has 2 N–H and O–H groups in total. The van der Waals surface area contributed by atoms with E-state index in [0.717, 1.165) is 28.3 Å². The van der Waals surface area contributed by atoms with Gasteiger partial charge >= 0.3 is 0 Å². The van der Waals surface area contributed by atoms with Gasteiger partial charge in [0, 0.05) is 5.69 Å². The third-order valence-corrected chi connectivity index (χ3v) is 3.88. The summed E-state index contributed by atoms with van der Waals surface area (Å²) in [5.41, 5.74) is 2.51. The van der Waals surface area contributed by atoms with E-state index in [1.54, 1.807) is 0 Å². The summed E-state index contributed by atoms with van der Waals surface area (Å²) in [6.45, 7) is 4.23. The maximum atomic E-state index is 9.90. The average molecular weight is 285 g/mol. The molecular weight excluding hydrogens is 266 g/mol. The molecule has 0 radical (unpaired) electrons. The van der Waals surface area contributed by atoms with Gasteiger partial charge in [-0.2, -0.15) is 0 Å². The average Bonchev–Trinajstić information content (AvgIpc) is 2.97. The number of benzene rings is 2. The van der Waals surface area contributed by atoms with E-state index >= 15 is 0 Å². The largest absolute Gasteiger partial charge is 0.454 e. The Balaban J connectivity index is 1.94. The first-order valence-electron chi connectivity index (χ1n) is 6.97. The van der Waals surface area contributed by atoms with Crippen molar-refractivity contribution in [2.45, 2.75) is 19.4 Å². The van der Waals surface area contributed by atoms with Crippen molar-refractivity contribution >= 4 is 5.69 Å². The zero-order valence-corrected chi connectivity index (χ0v) is 12.2. The van der Waals surface area contributed by atoms with Crippen LogP contribution in [0.2, 0.25) is 0 Å². The van der Waals surface area contributed by atoms with Gasteiger partial charge in [0.15, 0.2) is 11.5 Å². The van der Waals surface area contributed by atoms with Crippen LogP contribution < -0.4 is 14.8 Å². The highest BCUT2D eigenvalue weighted by atomic mass is 16.7. The minimum atomic E-state index is -0.590. The van der Waals surface area contributed by atoms with Gasteiger partial charge in [0.25, 0.3) is 0 Å². The number of aryl methyl sites for hydroxylation is 1. The lowest BCUT2D eigenvalue weighted by Crippen LogP contribution is -2.36. The van der Waals surface area contributed by atoms with Crippen molar-refractivity contribution in [3.05, 3.63) is 53.6 Å². The molecule has 2 aromatic rings. The Morgan fingerprint density at radius 2 is 1.90 bits per heavy atom. The van der Waals surface area contributed by atoms with Crippen LogP contribution in [0.1, 0.15) is 18.1 Å². The lowest BCUT2D eigenvalue weighted by Gasteiger charge is -2.31. The van der Waals surface area contributed by atoms with Gasteiger partial charge < -0.3 is 19.9 Å². The van der Waals surface area contributed by atoms with Crippen LogP contribution in [0, 0.1) is 6.92 Å². The van der Waals surface area contributed by atoms with Crippen LogP contribution in [0.15, 0.2) is 42.5 Å². The van der Waals surface area contributed by atoms with Gasteiger partial charge in [-0.1, -0.05) is 24.3 Å². The smallest absolute Gasteiger partial charge is 0.231 e. The minimum absolute atomic E-state index is 0.0268. The molecule has 1 unspecified atom stereocenters. The van der Waals surface area contributed by atoms with E-state index in [-0.39, 0.29) is 13.4 Å². The maximum Gasteiger partial charge on any atom is 0.231 e. The summed E-state index contributed by atoms with van der Waals surface area (Å²) in [6.07, 6.45) is 0. The molecule has 0 spiro atoms. The number of aliphatic hydroxyl groups excluding tert-OH is 1. The van der Waals surface area contributed by atoms with E-state index in [0.29, 0.717) is 0 Å². The number of hydrogen-bond acceptors (Lipinski definition) is 4. The fourth-order valence-electron chi connectivity index (χ4n) is 2.45. The van der Waals surface area contributed by atoms with Crippen molar-refractivity contribution in [2.75, 3.05) is 18.7 Å². The van der Waals surface area contributed by atoms with E-state index in [4.69, 9.17) is 9.47 Å². The quantitative estimate of drug-likeness (QED) is 0.906. The molecule has 110 valence electrons. The first-order chi connectivity index (χ1) is 10.1. The molecule has 0 aliphatic carbocycles. The summed E-state index contributed by atoms with van der Waals surface area (Å²) >= 11 is 0. The Morgan fingerprint density at radius 3 is 2.67 bits per heavy atom. The summed E-state index contributed by atoms with van der Waals surface area (Å²) < 4.78 is 10.8. The Kier molecular flexibility index (Phi) is 3.47. The van der Waals surface area contributed by atoms with Crippen LogP contribution in [0.25, 0.3) is 0 Å². The zero-order valence-electron chi connectivity index (χ0n) is 12.2. The van der Waals surface area contributed by atoms with Crippen LogP contribution in [-0.2, 0) is 5.54 Å². The summed E-state index contributed by atoms with van der Waals surface area (Å²) in [6, 6.07) is 13.8. The van der Waals surface area contributed by atoms with Crippen molar-refractivity contribution in [3.8, 4) is 11.5 Å². The Bertz CT molecular complexity index is 656. The Labute approximate surface area is 124 Å². The van der Waals surface area contributed by atoms with Crippen molar-refractivity contribution in [3.63, 3.8) is 0 Å². The van der Waals surface area contributed by atoms with Crippen molar-refractivity contribution in [1.82, 2.24) is 0 Å². The van der Waals surface area contributed by atoms with Crippen LogP contribution >= 0.6 is 0 Å². The molecule has 0 amide bonds. The lowest BCUT2D eigenvalue weighted by atomic mass is 9.91. The number of aliphatic hydroxyl groups is 1. The number of fused-ring (bicyclic) bond motifs is 1. The standard InChI is InChI=1S/C17H19NO3/c1-12-5-3-4-6-14(12)18-17(2,10-19)13-7-8-15-16(9-13)21-11-20-15/h3-9,18-19H,10-11H2,1-2H3. The third-order valence-electron chi connectivity index (χ3n) is 3.88. The van der Waals surface area contributed by atoms with Crippen LogP contribution in [0.5, 0.6) is 11.5 Å². The van der Waals surface area contributed by atoms with Crippen molar-refractivity contribution in [2.24, 2.45) is 0 Å². The molecule has 1 atom stereocenters. The number of hydrogen-bond donors (Lipinski definition) is 2. The fraction of sp³-hybridized carbons (Fsp3) is 0.294. The van der Waals surface area contributed by atoms with E-state index < -0.39 is 5.54 Å². The van der Waals surface area contributed by atoms with Gasteiger partial charge in [0.05, 0.1) is 12.1 Å². The number of ether oxygens (including phenoxy) is 2. The molecule has 1 heterocycles. The molecule has 0 aromatic heterocycles. The Hall–Kier alpha value is -2.20. The highest BCUT2D eigenvalue weighted by molar-refractivity contribution is 5.55. The van der Waals surface area contributed by atoms with Gasteiger partial charge in [0.1, 0.15) is 0 Å². The normalized spacial score (nSPS) is 15.6. The molecule has 0 saturated heterocycles.